The fourth-order valence-electron chi connectivity index (χ4n) is 2.69. The van der Waals surface area contributed by atoms with Gasteiger partial charge >= 0.3 is 0 Å². The van der Waals surface area contributed by atoms with Gasteiger partial charge in [-0.1, -0.05) is 12.1 Å². The van der Waals surface area contributed by atoms with Crippen LogP contribution in [0.4, 0.5) is 0 Å². The number of ether oxygens (including phenoxy) is 1. The largest absolute Gasteiger partial charge is 0.493 e. The van der Waals surface area contributed by atoms with Gasteiger partial charge in [0.05, 0.1) is 32.0 Å². The van der Waals surface area contributed by atoms with E-state index in [-0.39, 0.29) is 18.7 Å². The molecule has 2 N–H and O–H groups in total. The number of rotatable bonds is 6. The number of nitrogens with zero attached hydrogens (tertiary/aromatic N) is 2. The molecule has 0 aliphatic carbocycles. The zero-order valence-electron chi connectivity index (χ0n) is 13.5. The molecule has 6 heteroatoms. The number of hydrogen-bond donors (Lipinski definition) is 2. The number of aliphatic hydroxyl groups is 1. The van der Waals surface area contributed by atoms with Crippen LogP contribution in [-0.2, 0) is 7.05 Å². The summed E-state index contributed by atoms with van der Waals surface area (Å²) >= 11 is 0. The van der Waals surface area contributed by atoms with Gasteiger partial charge in [-0.15, -0.1) is 0 Å². The number of benzene rings is 1. The van der Waals surface area contributed by atoms with Gasteiger partial charge in [0.2, 0.25) is 0 Å². The average Bonchev–Trinajstić information content (AvgIpc) is 3.18. The van der Waals surface area contributed by atoms with Crippen LogP contribution in [0, 0.1) is 0 Å². The zero-order valence-corrected chi connectivity index (χ0v) is 13.5. The Hall–Kier alpha value is -2.31. The van der Waals surface area contributed by atoms with Crippen LogP contribution < -0.4 is 10.1 Å². The second-order valence-corrected chi connectivity index (χ2v) is 5.60. The molecule has 6 nitrogen and oxygen atoms in total. The lowest BCUT2D eigenvalue weighted by Crippen LogP contribution is -2.26. The molecule has 0 saturated heterocycles. The van der Waals surface area contributed by atoms with E-state index in [0.717, 1.165) is 22.3 Å². The second kappa shape index (κ2) is 6.44. The van der Waals surface area contributed by atoms with Gasteiger partial charge in [-0.05, 0) is 19.1 Å². The van der Waals surface area contributed by atoms with E-state index in [1.54, 1.807) is 18.0 Å². The highest BCUT2D eigenvalue weighted by atomic mass is 16.5. The number of aryl methyl sites for hydroxylation is 1. The predicted molar refractivity (Wildman–Crippen MR) is 87.4 cm³/mol. The quantitative estimate of drug-likeness (QED) is 0.731. The molecule has 0 radical (unpaired) electrons. The van der Waals surface area contributed by atoms with Crippen molar-refractivity contribution in [1.82, 2.24) is 15.1 Å². The number of methoxy groups -OCH3 is 1. The van der Waals surface area contributed by atoms with E-state index >= 15 is 0 Å². The van der Waals surface area contributed by atoms with Gasteiger partial charge in [0.1, 0.15) is 5.76 Å². The molecule has 0 amide bonds. The summed E-state index contributed by atoms with van der Waals surface area (Å²) in [4.78, 5) is 0. The highest BCUT2D eigenvalue weighted by Gasteiger charge is 2.19. The predicted octanol–water partition coefficient (Wildman–Crippen LogP) is 2.56. The van der Waals surface area contributed by atoms with Crippen LogP contribution in [0.25, 0.3) is 11.0 Å². The number of hydrogen-bond acceptors (Lipinski definition) is 5. The van der Waals surface area contributed by atoms with Crippen LogP contribution in [0.5, 0.6) is 5.75 Å². The van der Waals surface area contributed by atoms with E-state index in [1.165, 1.54) is 0 Å². The fraction of sp³-hybridized carbons (Fsp3) is 0.353. The van der Waals surface area contributed by atoms with Gasteiger partial charge in [0.15, 0.2) is 11.3 Å². The Labute approximate surface area is 134 Å². The van der Waals surface area contributed by atoms with Crippen molar-refractivity contribution in [2.45, 2.75) is 19.0 Å². The summed E-state index contributed by atoms with van der Waals surface area (Å²) in [5, 5.41) is 18.2. The Morgan fingerprint density at radius 3 is 2.91 bits per heavy atom. The molecule has 2 heterocycles. The van der Waals surface area contributed by atoms with E-state index in [4.69, 9.17) is 9.15 Å². The molecule has 1 aromatic carbocycles. The molecule has 2 aromatic heterocycles. The van der Waals surface area contributed by atoms with Gasteiger partial charge in [-0.25, -0.2) is 0 Å². The monoisotopic (exact) mass is 315 g/mol. The second-order valence-electron chi connectivity index (χ2n) is 5.60. The standard InChI is InChI=1S/C17H21N3O3/c1-11(19-14(10-21)13-8-18-20(2)9-13)16-7-12-5-4-6-15(22-3)17(12)23-16/h4-9,11,14,19,21H,10H2,1-3H3. The molecule has 2 unspecified atom stereocenters. The summed E-state index contributed by atoms with van der Waals surface area (Å²) in [5.74, 6) is 1.51. The van der Waals surface area contributed by atoms with Crippen molar-refractivity contribution in [1.29, 1.82) is 0 Å². The highest BCUT2D eigenvalue weighted by Crippen LogP contribution is 2.31. The Bertz CT molecular complexity index is 793. The summed E-state index contributed by atoms with van der Waals surface area (Å²) in [6, 6.07) is 7.53. The zero-order chi connectivity index (χ0) is 16.4. The molecule has 2 atom stereocenters. The molecule has 0 saturated carbocycles. The maximum atomic E-state index is 9.66. The minimum atomic E-state index is -0.200. The smallest absolute Gasteiger partial charge is 0.176 e. The van der Waals surface area contributed by atoms with Crippen molar-refractivity contribution in [2.75, 3.05) is 13.7 Å². The minimum absolute atomic E-state index is 0.0143. The fourth-order valence-corrected chi connectivity index (χ4v) is 2.69. The molecule has 122 valence electrons. The van der Waals surface area contributed by atoms with Crippen LogP contribution in [0.3, 0.4) is 0 Å². The van der Waals surface area contributed by atoms with Crippen LogP contribution in [0.1, 0.15) is 30.3 Å². The number of aliphatic hydroxyl groups excluding tert-OH is 1. The highest BCUT2D eigenvalue weighted by molar-refractivity contribution is 5.83. The Morgan fingerprint density at radius 2 is 2.26 bits per heavy atom. The van der Waals surface area contributed by atoms with Crippen molar-refractivity contribution in [3.05, 3.63) is 48.0 Å². The van der Waals surface area contributed by atoms with Crippen molar-refractivity contribution in [3.8, 4) is 5.75 Å². The summed E-state index contributed by atoms with van der Waals surface area (Å²) in [7, 11) is 3.48. The summed E-state index contributed by atoms with van der Waals surface area (Å²) in [6.07, 6.45) is 3.64. The third kappa shape index (κ3) is 3.09. The minimum Gasteiger partial charge on any atom is -0.493 e. The van der Waals surface area contributed by atoms with Gasteiger partial charge in [0.25, 0.3) is 0 Å². The molecule has 0 spiro atoms. The van der Waals surface area contributed by atoms with Crippen LogP contribution in [0.2, 0.25) is 0 Å². The molecular weight excluding hydrogens is 294 g/mol. The number of nitrogens with one attached hydrogen (secondary N) is 1. The van der Waals surface area contributed by atoms with Crippen molar-refractivity contribution in [2.24, 2.45) is 7.05 Å². The average molecular weight is 315 g/mol. The molecule has 0 aliphatic heterocycles. The first-order chi connectivity index (χ1) is 11.1. The SMILES string of the molecule is COc1cccc2cc(C(C)NC(CO)c3cnn(C)c3)oc12. The Balaban J connectivity index is 1.83. The molecule has 23 heavy (non-hydrogen) atoms. The van der Waals surface area contributed by atoms with Gasteiger partial charge in [-0.3, -0.25) is 10.00 Å². The van der Waals surface area contributed by atoms with Crippen LogP contribution >= 0.6 is 0 Å². The first-order valence-electron chi connectivity index (χ1n) is 7.54. The lowest BCUT2D eigenvalue weighted by molar-refractivity contribution is 0.231. The van der Waals surface area contributed by atoms with Crippen molar-refractivity contribution >= 4 is 11.0 Å². The summed E-state index contributed by atoms with van der Waals surface area (Å²) in [6.45, 7) is 1.99. The topological polar surface area (TPSA) is 72.4 Å². The normalized spacial score (nSPS) is 14.1. The third-order valence-electron chi connectivity index (χ3n) is 3.93. The first kappa shape index (κ1) is 15.6. The molecular formula is C17H21N3O3. The molecule has 3 aromatic rings. The van der Waals surface area contributed by atoms with E-state index < -0.39 is 0 Å². The van der Waals surface area contributed by atoms with E-state index in [1.807, 2.05) is 44.4 Å². The molecule has 0 bridgehead atoms. The lowest BCUT2D eigenvalue weighted by atomic mass is 10.1. The van der Waals surface area contributed by atoms with Gasteiger partial charge in [0, 0.05) is 24.2 Å². The number of fused-ring (bicyclic) bond motifs is 1. The third-order valence-corrected chi connectivity index (χ3v) is 3.93. The van der Waals surface area contributed by atoms with E-state index in [2.05, 4.69) is 10.4 Å². The maximum absolute atomic E-state index is 9.66. The van der Waals surface area contributed by atoms with Gasteiger partial charge < -0.3 is 14.3 Å². The van der Waals surface area contributed by atoms with Crippen LogP contribution in [-0.4, -0.2) is 28.6 Å². The van der Waals surface area contributed by atoms with E-state index in [9.17, 15) is 5.11 Å². The first-order valence-corrected chi connectivity index (χ1v) is 7.54. The Kier molecular flexibility index (Phi) is 4.36. The molecule has 0 aliphatic rings. The number of furan rings is 1. The van der Waals surface area contributed by atoms with Crippen molar-refractivity contribution in [3.63, 3.8) is 0 Å². The van der Waals surface area contributed by atoms with Crippen LogP contribution in [0.15, 0.2) is 41.1 Å². The van der Waals surface area contributed by atoms with Crippen molar-refractivity contribution < 1.29 is 14.3 Å². The number of para-hydroxylation sites is 1. The maximum Gasteiger partial charge on any atom is 0.176 e. The molecule has 0 fully saturated rings. The molecule has 3 rings (SSSR count). The van der Waals surface area contributed by atoms with E-state index in [0.29, 0.717) is 5.75 Å². The Morgan fingerprint density at radius 1 is 1.43 bits per heavy atom. The lowest BCUT2D eigenvalue weighted by Gasteiger charge is -2.19. The summed E-state index contributed by atoms with van der Waals surface area (Å²) < 4.78 is 13.0. The van der Waals surface area contributed by atoms with Gasteiger partial charge in [-0.2, -0.15) is 5.10 Å². The summed E-state index contributed by atoms with van der Waals surface area (Å²) in [5.41, 5.74) is 1.68. The number of aromatic nitrogens is 2.